The Hall–Kier alpha value is -2.08. The summed E-state index contributed by atoms with van der Waals surface area (Å²) >= 11 is 0. The molecule has 0 fully saturated rings. The lowest BCUT2D eigenvalue weighted by molar-refractivity contribution is -0.120. The van der Waals surface area contributed by atoms with Gasteiger partial charge in [0.1, 0.15) is 5.75 Å². The lowest BCUT2D eigenvalue weighted by Crippen LogP contribution is -2.29. The Bertz CT molecular complexity index is 463. The number of carbonyl (C=O) groups is 2. The van der Waals surface area contributed by atoms with Crippen LogP contribution in [-0.2, 0) is 9.59 Å². The van der Waals surface area contributed by atoms with Gasteiger partial charge in [-0.05, 0) is 18.6 Å². The van der Waals surface area contributed by atoms with Crippen LogP contribution in [0.5, 0.6) is 5.75 Å². The Morgan fingerprint density at radius 3 is 2.75 bits per heavy atom. The van der Waals surface area contributed by atoms with Crippen molar-refractivity contribution in [1.82, 2.24) is 0 Å². The largest absolute Gasteiger partial charge is 0.484 e. The van der Waals surface area contributed by atoms with E-state index in [-0.39, 0.29) is 18.4 Å². The van der Waals surface area contributed by atoms with Gasteiger partial charge >= 0.3 is 0 Å². The first kappa shape index (κ1) is 16.0. The third-order valence-corrected chi connectivity index (χ3v) is 2.78. The van der Waals surface area contributed by atoms with Crippen LogP contribution in [0.4, 0.5) is 5.69 Å². The highest BCUT2D eigenvalue weighted by molar-refractivity contribution is 5.92. The van der Waals surface area contributed by atoms with Crippen molar-refractivity contribution in [1.29, 1.82) is 0 Å². The van der Waals surface area contributed by atoms with E-state index >= 15 is 0 Å². The molecule has 20 heavy (non-hydrogen) atoms. The van der Waals surface area contributed by atoms with Gasteiger partial charge in [-0.15, -0.1) is 0 Å². The first-order chi connectivity index (χ1) is 9.56. The van der Waals surface area contributed by atoms with Crippen LogP contribution in [0.25, 0.3) is 0 Å². The molecule has 0 heterocycles. The molecule has 0 aliphatic carbocycles. The average molecular weight is 279 g/mol. The van der Waals surface area contributed by atoms with Crippen LogP contribution in [0.2, 0.25) is 0 Å². The molecule has 2 amide bonds. The molecule has 0 spiro atoms. The van der Waals surface area contributed by atoms with E-state index < -0.39 is 5.91 Å². The van der Waals surface area contributed by atoms with Crippen molar-refractivity contribution in [2.75, 3.05) is 18.5 Å². The molecule has 5 N–H and O–H groups in total. The summed E-state index contributed by atoms with van der Waals surface area (Å²) < 4.78 is 5.17. The molecule has 6 nitrogen and oxygen atoms in total. The SMILES string of the molecule is CCCC(CN)C(=O)Nc1cccc(OCC(N)=O)c1. The summed E-state index contributed by atoms with van der Waals surface area (Å²) in [7, 11) is 0. The molecule has 110 valence electrons. The number of amides is 2. The predicted octanol–water partition coefficient (Wildman–Crippen LogP) is 0.864. The number of hydrogen-bond acceptors (Lipinski definition) is 4. The summed E-state index contributed by atoms with van der Waals surface area (Å²) in [6, 6.07) is 6.79. The maximum atomic E-state index is 12.0. The van der Waals surface area contributed by atoms with E-state index in [1.54, 1.807) is 24.3 Å². The van der Waals surface area contributed by atoms with Crippen LogP contribution in [-0.4, -0.2) is 25.0 Å². The van der Waals surface area contributed by atoms with Crippen LogP contribution in [0.3, 0.4) is 0 Å². The second-order valence-electron chi connectivity index (χ2n) is 4.49. The minimum atomic E-state index is -0.550. The smallest absolute Gasteiger partial charge is 0.255 e. The van der Waals surface area contributed by atoms with E-state index in [0.29, 0.717) is 18.0 Å². The van der Waals surface area contributed by atoms with Crippen molar-refractivity contribution in [3.05, 3.63) is 24.3 Å². The molecule has 1 rings (SSSR count). The fourth-order valence-electron chi connectivity index (χ4n) is 1.77. The number of rotatable bonds is 8. The zero-order valence-electron chi connectivity index (χ0n) is 11.6. The summed E-state index contributed by atoms with van der Waals surface area (Å²) in [6.07, 6.45) is 1.65. The lowest BCUT2D eigenvalue weighted by Gasteiger charge is -2.14. The van der Waals surface area contributed by atoms with E-state index in [1.165, 1.54) is 0 Å². The normalized spacial score (nSPS) is 11.7. The molecule has 0 aromatic heterocycles. The molecule has 1 aromatic carbocycles. The van der Waals surface area contributed by atoms with Gasteiger partial charge in [0, 0.05) is 18.3 Å². The molecule has 0 bridgehead atoms. The van der Waals surface area contributed by atoms with Gasteiger partial charge in [-0.2, -0.15) is 0 Å². The van der Waals surface area contributed by atoms with E-state index in [9.17, 15) is 9.59 Å². The highest BCUT2D eigenvalue weighted by atomic mass is 16.5. The van der Waals surface area contributed by atoms with Crippen molar-refractivity contribution in [3.63, 3.8) is 0 Å². The summed E-state index contributed by atoms with van der Waals surface area (Å²) in [5, 5.41) is 2.79. The lowest BCUT2D eigenvalue weighted by atomic mass is 10.0. The quantitative estimate of drug-likeness (QED) is 0.656. The number of nitrogens with one attached hydrogen (secondary N) is 1. The van der Waals surface area contributed by atoms with Crippen LogP contribution < -0.4 is 21.5 Å². The maximum absolute atomic E-state index is 12.0. The Morgan fingerprint density at radius 2 is 2.15 bits per heavy atom. The van der Waals surface area contributed by atoms with Gasteiger partial charge in [-0.1, -0.05) is 19.4 Å². The molecule has 0 saturated carbocycles. The highest BCUT2D eigenvalue weighted by Gasteiger charge is 2.15. The van der Waals surface area contributed by atoms with Crippen molar-refractivity contribution in [2.45, 2.75) is 19.8 Å². The molecule has 1 unspecified atom stereocenters. The van der Waals surface area contributed by atoms with Crippen LogP contribution >= 0.6 is 0 Å². The zero-order chi connectivity index (χ0) is 15.0. The fourth-order valence-corrected chi connectivity index (χ4v) is 1.77. The van der Waals surface area contributed by atoms with Gasteiger partial charge in [0.05, 0.1) is 5.92 Å². The number of carbonyl (C=O) groups excluding carboxylic acids is 2. The number of anilines is 1. The molecule has 0 saturated heterocycles. The van der Waals surface area contributed by atoms with Crippen molar-refractivity contribution in [2.24, 2.45) is 17.4 Å². The van der Waals surface area contributed by atoms with Crippen molar-refractivity contribution < 1.29 is 14.3 Å². The van der Waals surface area contributed by atoms with E-state index in [4.69, 9.17) is 16.2 Å². The molecule has 1 atom stereocenters. The Balaban J connectivity index is 2.65. The number of hydrogen-bond donors (Lipinski definition) is 3. The number of benzene rings is 1. The molecular weight excluding hydrogens is 258 g/mol. The van der Waals surface area contributed by atoms with Gasteiger partial charge in [-0.25, -0.2) is 0 Å². The predicted molar refractivity (Wildman–Crippen MR) is 77.2 cm³/mol. The standard InChI is InChI=1S/C14H21N3O3/c1-2-4-10(8-15)14(19)17-11-5-3-6-12(7-11)20-9-13(16)18/h3,5-7,10H,2,4,8-9,15H2,1H3,(H2,16,18)(H,17,19). The first-order valence-corrected chi connectivity index (χ1v) is 6.59. The summed E-state index contributed by atoms with van der Waals surface area (Å²) in [5.74, 6) is -0.386. The van der Waals surface area contributed by atoms with E-state index in [1.807, 2.05) is 6.92 Å². The third-order valence-electron chi connectivity index (χ3n) is 2.78. The molecule has 0 aliphatic heterocycles. The van der Waals surface area contributed by atoms with Gasteiger partial charge < -0.3 is 21.5 Å². The third kappa shape index (κ3) is 5.27. The van der Waals surface area contributed by atoms with Gasteiger partial charge in [0.25, 0.3) is 5.91 Å². The Kier molecular flexibility index (Phi) is 6.52. The van der Waals surface area contributed by atoms with Gasteiger partial charge in [0.15, 0.2) is 6.61 Å². The second-order valence-corrected chi connectivity index (χ2v) is 4.49. The number of nitrogens with two attached hydrogens (primary N) is 2. The van der Waals surface area contributed by atoms with Crippen LogP contribution in [0, 0.1) is 5.92 Å². The van der Waals surface area contributed by atoms with Crippen LogP contribution in [0.1, 0.15) is 19.8 Å². The monoisotopic (exact) mass is 279 g/mol. The molecule has 0 radical (unpaired) electrons. The Morgan fingerprint density at radius 1 is 1.40 bits per heavy atom. The van der Waals surface area contributed by atoms with Crippen molar-refractivity contribution in [3.8, 4) is 5.75 Å². The second kappa shape index (κ2) is 8.16. The number of ether oxygens (including phenoxy) is 1. The molecule has 1 aromatic rings. The first-order valence-electron chi connectivity index (χ1n) is 6.59. The highest BCUT2D eigenvalue weighted by Crippen LogP contribution is 2.18. The Labute approximate surface area is 118 Å². The van der Waals surface area contributed by atoms with Gasteiger partial charge in [-0.3, -0.25) is 9.59 Å². The minimum absolute atomic E-state index is 0.110. The van der Waals surface area contributed by atoms with Crippen molar-refractivity contribution >= 4 is 17.5 Å². The molecule has 6 heteroatoms. The summed E-state index contributed by atoms with van der Waals surface area (Å²) in [6.45, 7) is 2.13. The maximum Gasteiger partial charge on any atom is 0.255 e. The van der Waals surface area contributed by atoms with E-state index in [2.05, 4.69) is 5.32 Å². The fraction of sp³-hybridized carbons (Fsp3) is 0.429. The minimum Gasteiger partial charge on any atom is -0.484 e. The zero-order valence-corrected chi connectivity index (χ0v) is 11.6. The van der Waals surface area contributed by atoms with E-state index in [0.717, 1.165) is 12.8 Å². The molecular formula is C14H21N3O3. The summed E-state index contributed by atoms with van der Waals surface area (Å²) in [5.41, 5.74) is 11.2. The van der Waals surface area contributed by atoms with Crippen LogP contribution in [0.15, 0.2) is 24.3 Å². The molecule has 0 aliphatic rings. The average Bonchev–Trinajstić information content (AvgIpc) is 2.42. The topological polar surface area (TPSA) is 107 Å². The van der Waals surface area contributed by atoms with Gasteiger partial charge in [0.2, 0.25) is 5.91 Å². The summed E-state index contributed by atoms with van der Waals surface area (Å²) in [4.78, 5) is 22.7. The number of primary amides is 1.